The van der Waals surface area contributed by atoms with Gasteiger partial charge in [-0.2, -0.15) is 12.6 Å². The zero-order valence-corrected chi connectivity index (χ0v) is 14.3. The molecule has 2 N–H and O–H groups in total. The van der Waals surface area contributed by atoms with E-state index < -0.39 is 0 Å². The normalized spacial score (nSPS) is 22.3. The predicted octanol–water partition coefficient (Wildman–Crippen LogP) is 2.42. The molecular formula is C14H25BrN2O2S. The molecule has 0 bridgehead atoms. The van der Waals surface area contributed by atoms with Gasteiger partial charge in [-0.15, -0.1) is 0 Å². The molecule has 0 spiro atoms. The van der Waals surface area contributed by atoms with Crippen LogP contribution in [0.3, 0.4) is 0 Å². The number of nitrogens with one attached hydrogen (secondary N) is 2. The number of amides is 2. The van der Waals surface area contributed by atoms with E-state index in [1.54, 1.807) is 0 Å². The maximum absolute atomic E-state index is 11.8. The molecule has 1 rings (SSSR count). The Balaban J connectivity index is 1.96. The lowest BCUT2D eigenvalue weighted by Gasteiger charge is -2.26. The number of thiol groups is 1. The monoisotopic (exact) mass is 364 g/mol. The van der Waals surface area contributed by atoms with Crippen LogP contribution >= 0.6 is 28.6 Å². The van der Waals surface area contributed by atoms with Crippen molar-refractivity contribution >= 4 is 40.4 Å². The smallest absolute Gasteiger partial charge is 0.229 e. The highest BCUT2D eigenvalue weighted by atomic mass is 79.9. The first kappa shape index (κ1) is 17.8. The lowest BCUT2D eigenvalue weighted by molar-refractivity contribution is -0.122. The van der Waals surface area contributed by atoms with Gasteiger partial charge in [0.15, 0.2) is 0 Å². The second-order valence-electron chi connectivity index (χ2n) is 5.34. The Hall–Kier alpha value is -0.230. The van der Waals surface area contributed by atoms with E-state index in [1.807, 2.05) is 0 Å². The average molecular weight is 365 g/mol. The topological polar surface area (TPSA) is 58.2 Å². The third-order valence-corrected chi connectivity index (χ3v) is 4.77. The third kappa shape index (κ3) is 8.15. The maximum atomic E-state index is 11.8. The van der Waals surface area contributed by atoms with Crippen molar-refractivity contribution in [1.82, 2.24) is 10.6 Å². The van der Waals surface area contributed by atoms with Crippen LogP contribution in [0.15, 0.2) is 0 Å². The van der Waals surface area contributed by atoms with Crippen molar-refractivity contribution in [2.24, 2.45) is 0 Å². The molecule has 20 heavy (non-hydrogen) atoms. The van der Waals surface area contributed by atoms with E-state index in [1.165, 1.54) is 0 Å². The summed E-state index contributed by atoms with van der Waals surface area (Å²) in [5, 5.41) is 5.89. The molecule has 1 aliphatic carbocycles. The zero-order chi connectivity index (χ0) is 14.8. The number of hydrogen-bond donors (Lipinski definition) is 3. The summed E-state index contributed by atoms with van der Waals surface area (Å²) in [5.74, 6) is 0.370. The van der Waals surface area contributed by atoms with Crippen LogP contribution in [0.25, 0.3) is 0 Å². The van der Waals surface area contributed by atoms with E-state index in [4.69, 9.17) is 0 Å². The Kier molecular flexibility index (Phi) is 9.35. The highest BCUT2D eigenvalue weighted by Crippen LogP contribution is 2.24. The Morgan fingerprint density at radius 3 is 2.40 bits per heavy atom. The molecule has 1 fully saturated rings. The van der Waals surface area contributed by atoms with Crippen molar-refractivity contribution in [1.29, 1.82) is 0 Å². The first-order valence-electron chi connectivity index (χ1n) is 7.43. The summed E-state index contributed by atoms with van der Waals surface area (Å²) in [4.78, 5) is 23.3. The fraction of sp³-hybridized carbons (Fsp3) is 0.857. The Morgan fingerprint density at radius 1 is 1.05 bits per heavy atom. The highest BCUT2D eigenvalue weighted by Gasteiger charge is 2.20. The van der Waals surface area contributed by atoms with Gasteiger partial charge in [-0.1, -0.05) is 22.4 Å². The van der Waals surface area contributed by atoms with Crippen LogP contribution < -0.4 is 10.6 Å². The van der Waals surface area contributed by atoms with Crippen LogP contribution in [0.1, 0.15) is 51.4 Å². The Morgan fingerprint density at radius 2 is 1.75 bits per heavy atom. The van der Waals surface area contributed by atoms with Gasteiger partial charge in [0.1, 0.15) is 0 Å². The van der Waals surface area contributed by atoms with Crippen LogP contribution in [0.4, 0.5) is 0 Å². The number of hydrogen-bond acceptors (Lipinski definition) is 3. The number of carbonyl (C=O) groups is 2. The molecule has 2 amide bonds. The lowest BCUT2D eigenvalue weighted by atomic mass is 9.95. The van der Waals surface area contributed by atoms with Crippen LogP contribution in [-0.2, 0) is 9.59 Å². The largest absolute Gasteiger partial charge is 0.355 e. The SMILES string of the molecule is O=C(CS)NCCCCCC(=O)NC1CCC(Br)CC1. The predicted molar refractivity (Wildman–Crippen MR) is 88.4 cm³/mol. The Labute approximate surface area is 135 Å². The molecule has 0 saturated heterocycles. The molecule has 0 heterocycles. The summed E-state index contributed by atoms with van der Waals surface area (Å²) < 4.78 is 0. The zero-order valence-electron chi connectivity index (χ0n) is 11.9. The molecule has 0 aromatic carbocycles. The summed E-state index contributed by atoms with van der Waals surface area (Å²) in [5.41, 5.74) is 0. The number of unbranched alkanes of at least 4 members (excludes halogenated alkanes) is 2. The molecular weight excluding hydrogens is 340 g/mol. The van der Waals surface area contributed by atoms with Gasteiger partial charge in [0.2, 0.25) is 11.8 Å². The highest BCUT2D eigenvalue weighted by molar-refractivity contribution is 9.09. The minimum atomic E-state index is -0.0338. The molecule has 1 saturated carbocycles. The van der Waals surface area contributed by atoms with E-state index in [-0.39, 0.29) is 17.6 Å². The number of halogens is 1. The number of rotatable bonds is 8. The van der Waals surface area contributed by atoms with E-state index in [0.717, 1.165) is 44.9 Å². The Bertz CT molecular complexity index is 308. The third-order valence-electron chi connectivity index (χ3n) is 3.57. The van der Waals surface area contributed by atoms with Gasteiger partial charge in [-0.05, 0) is 38.5 Å². The van der Waals surface area contributed by atoms with Gasteiger partial charge in [-0.3, -0.25) is 9.59 Å². The fourth-order valence-corrected chi connectivity index (χ4v) is 3.01. The van der Waals surface area contributed by atoms with Crippen molar-refractivity contribution in [2.45, 2.75) is 62.2 Å². The molecule has 6 heteroatoms. The van der Waals surface area contributed by atoms with Gasteiger partial charge < -0.3 is 10.6 Å². The minimum absolute atomic E-state index is 0.0338. The molecule has 4 nitrogen and oxygen atoms in total. The van der Waals surface area contributed by atoms with Crippen LogP contribution in [-0.4, -0.2) is 35.0 Å². The standard InChI is InChI=1S/C14H25BrN2O2S/c15-11-5-7-12(8-6-11)17-13(18)4-2-1-3-9-16-14(19)10-20/h11-12,20H,1-10H2,(H,16,19)(H,17,18). The van der Waals surface area contributed by atoms with Gasteiger partial charge in [0, 0.05) is 23.8 Å². The van der Waals surface area contributed by atoms with Crippen molar-refractivity contribution in [3.63, 3.8) is 0 Å². The van der Waals surface area contributed by atoms with E-state index >= 15 is 0 Å². The van der Waals surface area contributed by atoms with Crippen molar-refractivity contribution in [3.05, 3.63) is 0 Å². The second kappa shape index (κ2) is 10.5. The average Bonchev–Trinajstić information content (AvgIpc) is 2.44. The number of carbonyl (C=O) groups excluding carboxylic acids is 2. The van der Waals surface area contributed by atoms with E-state index in [2.05, 4.69) is 39.2 Å². The summed E-state index contributed by atoms with van der Waals surface area (Å²) in [7, 11) is 0. The maximum Gasteiger partial charge on any atom is 0.229 e. The van der Waals surface area contributed by atoms with Gasteiger partial charge in [-0.25, -0.2) is 0 Å². The van der Waals surface area contributed by atoms with Crippen molar-refractivity contribution < 1.29 is 9.59 Å². The number of alkyl halides is 1. The second-order valence-corrected chi connectivity index (χ2v) is 6.95. The molecule has 0 radical (unpaired) electrons. The van der Waals surface area contributed by atoms with Crippen molar-refractivity contribution in [2.75, 3.05) is 12.3 Å². The molecule has 0 aromatic heterocycles. The summed E-state index contributed by atoms with van der Waals surface area (Å²) in [6.45, 7) is 0.677. The van der Waals surface area contributed by atoms with Crippen LogP contribution in [0, 0.1) is 0 Å². The molecule has 0 aromatic rings. The molecule has 0 atom stereocenters. The summed E-state index contributed by atoms with van der Waals surface area (Å²) in [6.07, 6.45) is 7.82. The van der Waals surface area contributed by atoms with Crippen LogP contribution in [0.2, 0.25) is 0 Å². The quantitative estimate of drug-likeness (QED) is 0.352. The lowest BCUT2D eigenvalue weighted by Crippen LogP contribution is -2.37. The minimum Gasteiger partial charge on any atom is -0.355 e. The molecule has 116 valence electrons. The molecule has 0 aliphatic heterocycles. The first-order valence-corrected chi connectivity index (χ1v) is 8.97. The van der Waals surface area contributed by atoms with Crippen molar-refractivity contribution in [3.8, 4) is 0 Å². The fourth-order valence-electron chi connectivity index (χ4n) is 2.37. The van der Waals surface area contributed by atoms with E-state index in [9.17, 15) is 9.59 Å². The van der Waals surface area contributed by atoms with Gasteiger partial charge in [0.25, 0.3) is 0 Å². The summed E-state index contributed by atoms with van der Waals surface area (Å²) in [6, 6.07) is 0.367. The summed E-state index contributed by atoms with van der Waals surface area (Å²) >= 11 is 7.50. The molecule has 0 unspecified atom stereocenters. The molecule has 1 aliphatic rings. The van der Waals surface area contributed by atoms with Gasteiger partial charge in [0.05, 0.1) is 5.75 Å². The van der Waals surface area contributed by atoms with Crippen LogP contribution in [0.5, 0.6) is 0 Å². The van der Waals surface area contributed by atoms with Gasteiger partial charge >= 0.3 is 0 Å². The first-order chi connectivity index (χ1) is 9.61. The van der Waals surface area contributed by atoms with E-state index in [0.29, 0.717) is 23.8 Å².